The third-order valence-electron chi connectivity index (χ3n) is 3.37. The zero-order chi connectivity index (χ0) is 20.5. The van der Waals surface area contributed by atoms with Gasteiger partial charge in [0, 0.05) is 0 Å². The number of aromatic amines is 1. The minimum atomic E-state index is -3.73. The van der Waals surface area contributed by atoms with Crippen molar-refractivity contribution in [1.82, 2.24) is 20.2 Å². The molecule has 0 aliphatic carbocycles. The minimum Gasteiger partial charge on any atom is -0.479 e. The summed E-state index contributed by atoms with van der Waals surface area (Å²) in [6, 6.07) is 1.47. The molecule has 0 spiro atoms. The molecule has 2 heterocycles. The average molecular weight is 430 g/mol. The van der Waals surface area contributed by atoms with Crippen molar-refractivity contribution in [2.45, 2.75) is 0 Å². The Morgan fingerprint density at radius 2 is 2.04 bits per heavy atom. The lowest BCUT2D eigenvalue weighted by Gasteiger charge is -2.13. The van der Waals surface area contributed by atoms with E-state index in [-0.39, 0.29) is 22.4 Å². The van der Waals surface area contributed by atoms with Crippen LogP contribution >= 0.6 is 11.6 Å². The highest BCUT2D eigenvalue weighted by Crippen LogP contribution is 2.31. The number of benzene rings is 1. The number of nitrogens with zero attached hydrogens (tertiary/aromatic N) is 3. The summed E-state index contributed by atoms with van der Waals surface area (Å²) >= 11 is 5.92. The number of rotatable bonds is 5. The van der Waals surface area contributed by atoms with Gasteiger partial charge in [0.05, 0.1) is 29.8 Å². The van der Waals surface area contributed by atoms with Crippen molar-refractivity contribution < 1.29 is 22.3 Å². The van der Waals surface area contributed by atoms with Gasteiger partial charge in [0.15, 0.2) is 17.3 Å². The maximum Gasteiger partial charge on any atom is 0.324 e. The standard InChI is InChI=1S/C14H13ClFN7O4S/c1-27-13-8-11(17-5-18-12(8)21-22-13)20-14(24)19-10-6(15)3-4-7(9(10)16)23-28(2,25)26/h3-5,23H,1-2H3,(H3,17,18,19,20,21,22,24). The number of ether oxygens (including phenoxy) is 1. The molecular weight excluding hydrogens is 417 g/mol. The van der Waals surface area contributed by atoms with E-state index in [0.29, 0.717) is 11.0 Å². The molecule has 3 rings (SSSR count). The number of urea groups is 1. The van der Waals surface area contributed by atoms with Crippen molar-refractivity contribution in [2.24, 2.45) is 0 Å². The molecule has 0 fully saturated rings. The summed E-state index contributed by atoms with van der Waals surface area (Å²) in [7, 11) is -2.36. The number of H-pyrrole nitrogens is 1. The molecule has 2 amide bonds. The van der Waals surface area contributed by atoms with Crippen LogP contribution in [0.25, 0.3) is 11.0 Å². The second-order valence-electron chi connectivity index (χ2n) is 5.42. The second-order valence-corrected chi connectivity index (χ2v) is 7.57. The van der Waals surface area contributed by atoms with Gasteiger partial charge in [-0.2, -0.15) is 0 Å². The number of sulfonamides is 1. The van der Waals surface area contributed by atoms with Gasteiger partial charge in [0.25, 0.3) is 0 Å². The molecular formula is C14H13ClFN7O4S. The first-order valence-electron chi connectivity index (χ1n) is 7.46. The molecule has 4 N–H and O–H groups in total. The Labute approximate surface area is 162 Å². The molecule has 0 bridgehead atoms. The van der Waals surface area contributed by atoms with E-state index >= 15 is 0 Å². The molecule has 3 aromatic rings. The molecule has 1 aromatic carbocycles. The molecule has 2 aromatic heterocycles. The number of carbonyl (C=O) groups is 1. The molecule has 0 aliphatic rings. The Morgan fingerprint density at radius 3 is 2.71 bits per heavy atom. The van der Waals surface area contributed by atoms with E-state index in [2.05, 4.69) is 30.8 Å². The van der Waals surface area contributed by atoms with Gasteiger partial charge in [-0.15, -0.1) is 5.10 Å². The molecule has 14 heteroatoms. The summed E-state index contributed by atoms with van der Waals surface area (Å²) in [6.45, 7) is 0. The summed E-state index contributed by atoms with van der Waals surface area (Å²) < 4.78 is 44.3. The van der Waals surface area contributed by atoms with E-state index in [4.69, 9.17) is 16.3 Å². The van der Waals surface area contributed by atoms with Gasteiger partial charge in [0.1, 0.15) is 11.7 Å². The number of nitrogens with one attached hydrogen (secondary N) is 4. The van der Waals surface area contributed by atoms with Crippen molar-refractivity contribution in [1.29, 1.82) is 0 Å². The van der Waals surface area contributed by atoms with Crippen LogP contribution in [0.4, 0.5) is 26.4 Å². The first-order chi connectivity index (χ1) is 13.2. The van der Waals surface area contributed by atoms with Gasteiger partial charge in [-0.3, -0.25) is 15.1 Å². The molecule has 0 aliphatic heterocycles. The van der Waals surface area contributed by atoms with Crippen LogP contribution in [-0.2, 0) is 10.0 Å². The largest absolute Gasteiger partial charge is 0.479 e. The van der Waals surface area contributed by atoms with Gasteiger partial charge in [-0.25, -0.2) is 27.6 Å². The fourth-order valence-electron chi connectivity index (χ4n) is 2.27. The number of fused-ring (bicyclic) bond motifs is 1. The highest BCUT2D eigenvalue weighted by molar-refractivity contribution is 7.92. The molecule has 0 saturated heterocycles. The lowest BCUT2D eigenvalue weighted by Crippen LogP contribution is -2.22. The van der Waals surface area contributed by atoms with Crippen LogP contribution in [0.1, 0.15) is 0 Å². The second kappa shape index (κ2) is 7.44. The van der Waals surface area contributed by atoms with Crippen LogP contribution in [0.15, 0.2) is 18.5 Å². The smallest absolute Gasteiger partial charge is 0.324 e. The third kappa shape index (κ3) is 4.04. The zero-order valence-corrected chi connectivity index (χ0v) is 15.9. The van der Waals surface area contributed by atoms with Gasteiger partial charge in [-0.05, 0) is 12.1 Å². The van der Waals surface area contributed by atoms with Crippen molar-refractivity contribution in [3.63, 3.8) is 0 Å². The van der Waals surface area contributed by atoms with Gasteiger partial charge >= 0.3 is 6.03 Å². The van der Waals surface area contributed by atoms with Crippen LogP contribution in [0.2, 0.25) is 5.02 Å². The fraction of sp³-hybridized carbons (Fsp3) is 0.143. The molecule has 148 valence electrons. The summed E-state index contributed by atoms with van der Waals surface area (Å²) in [4.78, 5) is 20.2. The average Bonchev–Trinajstić information content (AvgIpc) is 3.04. The Kier molecular flexibility index (Phi) is 5.20. The molecule has 0 atom stereocenters. The number of halogens is 2. The van der Waals surface area contributed by atoms with Crippen LogP contribution in [0.3, 0.4) is 0 Å². The number of aromatic nitrogens is 4. The van der Waals surface area contributed by atoms with Crippen LogP contribution in [-0.4, -0.2) is 48.0 Å². The number of hydrogen-bond donors (Lipinski definition) is 4. The van der Waals surface area contributed by atoms with Crippen LogP contribution in [0.5, 0.6) is 5.88 Å². The molecule has 0 radical (unpaired) electrons. The van der Waals surface area contributed by atoms with Crippen molar-refractivity contribution in [2.75, 3.05) is 28.7 Å². The van der Waals surface area contributed by atoms with Crippen molar-refractivity contribution >= 4 is 55.9 Å². The number of amides is 2. The summed E-state index contributed by atoms with van der Waals surface area (Å²) in [6.07, 6.45) is 2.04. The SMILES string of the molecule is COc1n[nH]c2ncnc(NC(=O)Nc3c(Cl)ccc(NS(C)(=O)=O)c3F)c12. The van der Waals surface area contributed by atoms with Crippen LogP contribution < -0.4 is 20.1 Å². The minimum absolute atomic E-state index is 0.0510. The fourth-order valence-corrected chi connectivity index (χ4v) is 3.02. The Bertz CT molecular complexity index is 1170. The van der Waals surface area contributed by atoms with Crippen molar-refractivity contribution in [3.8, 4) is 5.88 Å². The summed E-state index contributed by atoms with van der Waals surface area (Å²) in [5, 5.41) is 11.3. The quantitative estimate of drug-likeness (QED) is 0.485. The maximum absolute atomic E-state index is 14.6. The lowest BCUT2D eigenvalue weighted by molar-refractivity contribution is 0.262. The number of carbonyl (C=O) groups excluding carboxylic acids is 1. The van der Waals surface area contributed by atoms with E-state index < -0.39 is 27.6 Å². The molecule has 28 heavy (non-hydrogen) atoms. The van der Waals surface area contributed by atoms with E-state index in [1.807, 2.05) is 4.72 Å². The van der Waals surface area contributed by atoms with Crippen molar-refractivity contribution in [3.05, 3.63) is 29.3 Å². The predicted octanol–water partition coefficient (Wildman–Crippen LogP) is 2.17. The normalized spacial score (nSPS) is 11.3. The first kappa shape index (κ1) is 19.6. The third-order valence-corrected chi connectivity index (χ3v) is 4.28. The lowest BCUT2D eigenvalue weighted by atomic mass is 10.2. The maximum atomic E-state index is 14.6. The monoisotopic (exact) mass is 429 g/mol. The Balaban J connectivity index is 1.88. The van der Waals surface area contributed by atoms with E-state index in [0.717, 1.165) is 12.3 Å². The first-order valence-corrected chi connectivity index (χ1v) is 9.73. The number of hydrogen-bond acceptors (Lipinski definition) is 7. The molecule has 11 nitrogen and oxygen atoms in total. The van der Waals surface area contributed by atoms with Crippen LogP contribution in [0, 0.1) is 5.82 Å². The Morgan fingerprint density at radius 1 is 1.29 bits per heavy atom. The summed E-state index contributed by atoms with van der Waals surface area (Å²) in [5.41, 5.74) is -0.480. The molecule has 0 saturated carbocycles. The van der Waals surface area contributed by atoms with Gasteiger partial charge < -0.3 is 10.1 Å². The van der Waals surface area contributed by atoms with Gasteiger partial charge in [0.2, 0.25) is 15.9 Å². The van der Waals surface area contributed by atoms with E-state index in [9.17, 15) is 17.6 Å². The number of methoxy groups -OCH3 is 1. The number of anilines is 3. The Hall–Kier alpha value is -3.19. The predicted molar refractivity (Wildman–Crippen MR) is 101 cm³/mol. The van der Waals surface area contributed by atoms with Gasteiger partial charge in [-0.1, -0.05) is 11.6 Å². The van der Waals surface area contributed by atoms with E-state index in [1.54, 1.807) is 0 Å². The highest BCUT2D eigenvalue weighted by atomic mass is 35.5. The topological polar surface area (TPSA) is 151 Å². The molecule has 0 unspecified atom stereocenters. The zero-order valence-electron chi connectivity index (χ0n) is 14.4. The summed E-state index contributed by atoms with van der Waals surface area (Å²) in [5.74, 6) is -0.855. The van der Waals surface area contributed by atoms with E-state index in [1.165, 1.54) is 19.5 Å². The highest BCUT2D eigenvalue weighted by Gasteiger charge is 2.19.